The molecule has 5 heteroatoms. The average molecular weight is 124 g/mol. The van der Waals surface area contributed by atoms with Crippen LogP contribution in [0.4, 0.5) is 0 Å². The monoisotopic (exact) mass is 124 g/mol. The van der Waals surface area contributed by atoms with Gasteiger partial charge in [0, 0.05) is 1.43 Å². The summed E-state index contributed by atoms with van der Waals surface area (Å²) in [6.07, 6.45) is 0. The first-order valence-electron chi connectivity index (χ1n) is 1.39. The first-order chi connectivity index (χ1) is 2.41. The Labute approximate surface area is 45.8 Å². The van der Waals surface area contributed by atoms with E-state index < -0.39 is 15.9 Å². The van der Waals surface area contributed by atoms with Gasteiger partial charge in [-0.1, -0.05) is 0 Å². The molecular formula is H9AlO2Si2. The standard InChI is InChI=1S/Al.2H3OSi.H2.H/c;2*1-2;;/h;2*2H3;1H;/q+2;2*-1;;. The quantitative estimate of drug-likeness (QED) is 0.368. The van der Waals surface area contributed by atoms with Crippen LogP contribution in [-0.4, -0.2) is 36.9 Å². The lowest BCUT2D eigenvalue weighted by Gasteiger charge is -1.85. The number of hydrogen-bond donors (Lipinski definition) is 0. The highest BCUT2D eigenvalue weighted by Gasteiger charge is 1.79. The smallest absolute Gasteiger partial charge is 0.533 e. The molecule has 5 heavy (non-hydrogen) atoms. The predicted octanol–water partition coefficient (Wildman–Crippen LogP) is -2.91. The molecular weight excluding hydrogens is 115 g/mol. The Balaban J connectivity index is 0. The SMILES string of the molecule is [HH].[SiH3][O][AlH][O][SiH3]. The maximum atomic E-state index is 4.78. The van der Waals surface area contributed by atoms with Crippen LogP contribution in [0.1, 0.15) is 1.43 Å². The van der Waals surface area contributed by atoms with Gasteiger partial charge < -0.3 is 6.96 Å². The summed E-state index contributed by atoms with van der Waals surface area (Å²) in [7, 11) is 1.72. The van der Waals surface area contributed by atoms with E-state index in [2.05, 4.69) is 0 Å². The molecule has 0 unspecified atom stereocenters. The minimum Gasteiger partial charge on any atom is -0.533 e. The van der Waals surface area contributed by atoms with Gasteiger partial charge in [0.15, 0.2) is 0 Å². The third-order valence-electron chi connectivity index (χ3n) is 0.236. The molecule has 0 radical (unpaired) electrons. The lowest BCUT2D eigenvalue weighted by atomic mass is 15.7. The zero-order valence-corrected chi connectivity index (χ0v) is 8.94. The molecule has 0 N–H and O–H groups in total. The Bertz CT molecular complexity index is 19.0. The largest absolute Gasteiger partial charge is 0.626 e. The summed E-state index contributed by atoms with van der Waals surface area (Å²) in [6.45, 7) is 0. The highest BCUT2D eigenvalue weighted by molar-refractivity contribution is 6.33. The highest BCUT2D eigenvalue weighted by Crippen LogP contribution is 1.52. The van der Waals surface area contributed by atoms with Crippen molar-refractivity contribution in [2.75, 3.05) is 0 Å². The Kier molecular flexibility index (Phi) is 5.75. The van der Waals surface area contributed by atoms with Crippen LogP contribution >= 0.6 is 0 Å². The van der Waals surface area contributed by atoms with E-state index in [1.165, 1.54) is 0 Å². The van der Waals surface area contributed by atoms with Gasteiger partial charge in [0.25, 0.3) is 0 Å². The van der Waals surface area contributed by atoms with Gasteiger partial charge in [-0.3, -0.25) is 0 Å². The van der Waals surface area contributed by atoms with Crippen molar-refractivity contribution < 1.29 is 8.38 Å². The highest BCUT2D eigenvalue weighted by atomic mass is 28.2. The summed E-state index contributed by atoms with van der Waals surface area (Å²) in [6, 6.07) is 0. The van der Waals surface area contributed by atoms with E-state index >= 15 is 0 Å². The average Bonchev–Trinajstić information content (AvgIpc) is 1.41. The van der Waals surface area contributed by atoms with E-state index in [0.717, 1.165) is 21.0 Å². The second kappa shape index (κ2) is 4.89. The summed E-state index contributed by atoms with van der Waals surface area (Å²) < 4.78 is 9.56. The van der Waals surface area contributed by atoms with E-state index in [9.17, 15) is 0 Å². The zero-order valence-electron chi connectivity index (χ0n) is 3.52. The van der Waals surface area contributed by atoms with Crippen molar-refractivity contribution in [2.24, 2.45) is 0 Å². The van der Waals surface area contributed by atoms with E-state index in [0.29, 0.717) is 0 Å². The molecule has 32 valence electrons. The summed E-state index contributed by atoms with van der Waals surface area (Å²) in [5, 5.41) is 0. The summed E-state index contributed by atoms with van der Waals surface area (Å²) in [4.78, 5) is 0. The van der Waals surface area contributed by atoms with Crippen molar-refractivity contribution in [1.29, 1.82) is 0 Å². The molecule has 0 amide bonds. The van der Waals surface area contributed by atoms with E-state index in [-0.39, 0.29) is 1.43 Å². The number of rotatable bonds is 2. The van der Waals surface area contributed by atoms with Gasteiger partial charge in [-0.25, -0.2) is 0 Å². The first-order valence-corrected chi connectivity index (χ1v) is 4.18. The van der Waals surface area contributed by atoms with Gasteiger partial charge in [-0.15, -0.1) is 0 Å². The van der Waals surface area contributed by atoms with E-state index in [1.807, 2.05) is 0 Å². The van der Waals surface area contributed by atoms with Crippen LogP contribution in [0.3, 0.4) is 0 Å². The zero-order chi connectivity index (χ0) is 4.12. The van der Waals surface area contributed by atoms with Gasteiger partial charge in [0.1, 0.15) is 21.0 Å². The summed E-state index contributed by atoms with van der Waals surface area (Å²) in [5.74, 6) is 0. The molecule has 0 spiro atoms. The maximum Gasteiger partial charge on any atom is 0.626 e. The van der Waals surface area contributed by atoms with Crippen molar-refractivity contribution in [1.82, 2.24) is 0 Å². The lowest BCUT2D eigenvalue weighted by Crippen LogP contribution is -1.96. The van der Waals surface area contributed by atoms with Crippen LogP contribution in [0.15, 0.2) is 0 Å². The third kappa shape index (κ3) is 4.89. The number of hydrogen-bond acceptors (Lipinski definition) is 2. The van der Waals surface area contributed by atoms with Crippen molar-refractivity contribution in [2.45, 2.75) is 0 Å². The third-order valence-corrected chi connectivity index (χ3v) is 2.12. The fourth-order valence-electron chi connectivity index (χ4n) is 0.118. The van der Waals surface area contributed by atoms with Crippen LogP contribution in [0.25, 0.3) is 0 Å². The van der Waals surface area contributed by atoms with Gasteiger partial charge in [-0.05, 0) is 0 Å². The van der Waals surface area contributed by atoms with Gasteiger partial charge in [-0.2, -0.15) is 0 Å². The second-order valence-electron chi connectivity index (χ2n) is 0.695. The minimum absolute atomic E-state index is 0. The maximum absolute atomic E-state index is 4.78. The lowest BCUT2D eigenvalue weighted by molar-refractivity contribution is 0.513. The molecule has 0 aliphatic rings. The van der Waals surface area contributed by atoms with Crippen LogP contribution in [-0.2, 0) is 6.96 Å². The van der Waals surface area contributed by atoms with Crippen molar-refractivity contribution in [3.05, 3.63) is 0 Å². The Morgan fingerprint density at radius 2 is 1.80 bits per heavy atom. The van der Waals surface area contributed by atoms with Crippen LogP contribution in [0.5, 0.6) is 0 Å². The minimum atomic E-state index is -0.444. The molecule has 0 heterocycles. The molecule has 0 aliphatic carbocycles. The predicted molar refractivity (Wildman–Crippen MR) is 31.3 cm³/mol. The van der Waals surface area contributed by atoms with Gasteiger partial charge >= 0.3 is 15.9 Å². The molecule has 0 aromatic rings. The molecule has 0 aromatic heterocycles. The Morgan fingerprint density at radius 1 is 1.40 bits per heavy atom. The van der Waals surface area contributed by atoms with E-state index in [1.54, 1.807) is 0 Å². The van der Waals surface area contributed by atoms with Gasteiger partial charge in [0.2, 0.25) is 0 Å². The molecule has 0 bridgehead atoms. The van der Waals surface area contributed by atoms with Gasteiger partial charge in [0.05, 0.1) is 0 Å². The summed E-state index contributed by atoms with van der Waals surface area (Å²) in [5.41, 5.74) is 0. The summed E-state index contributed by atoms with van der Waals surface area (Å²) >= 11 is -0.444. The van der Waals surface area contributed by atoms with Crippen molar-refractivity contribution >= 4 is 36.9 Å². The van der Waals surface area contributed by atoms with Crippen molar-refractivity contribution in [3.8, 4) is 0 Å². The van der Waals surface area contributed by atoms with Crippen molar-refractivity contribution in [3.63, 3.8) is 0 Å². The Hall–Kier alpha value is 0.886. The molecule has 2 nitrogen and oxygen atoms in total. The topological polar surface area (TPSA) is 18.5 Å². The molecule has 0 saturated heterocycles. The molecule has 0 aromatic carbocycles. The second-order valence-corrected chi connectivity index (χ2v) is 5.55. The van der Waals surface area contributed by atoms with Crippen LogP contribution in [0, 0.1) is 0 Å². The molecule has 0 fully saturated rings. The molecule has 0 rings (SSSR count). The fraction of sp³-hybridized carbons (Fsp3) is 0. The molecule has 0 atom stereocenters. The van der Waals surface area contributed by atoms with Crippen LogP contribution < -0.4 is 0 Å². The first kappa shape index (κ1) is 5.89. The molecule has 0 saturated carbocycles. The van der Waals surface area contributed by atoms with E-state index in [4.69, 9.17) is 6.96 Å². The fourth-order valence-corrected chi connectivity index (χ4v) is 3.18. The normalized spacial score (nSPS) is 8.80. The Morgan fingerprint density at radius 3 is 1.80 bits per heavy atom. The van der Waals surface area contributed by atoms with Crippen LogP contribution in [0.2, 0.25) is 0 Å². The molecule has 0 aliphatic heterocycles.